The highest BCUT2D eigenvalue weighted by atomic mass is 35.5. The molecule has 1 heterocycles. The zero-order valence-electron chi connectivity index (χ0n) is 9.35. The van der Waals surface area contributed by atoms with Gasteiger partial charge in [-0.15, -0.1) is 0 Å². The number of hydrogen-bond acceptors (Lipinski definition) is 3. The zero-order chi connectivity index (χ0) is 13.0. The molecule has 0 fully saturated rings. The summed E-state index contributed by atoms with van der Waals surface area (Å²) in [5, 5.41) is -0.0940. The maximum Gasteiger partial charge on any atom is 0.275 e. The third kappa shape index (κ3) is 3.10. The molecule has 0 aliphatic carbocycles. The quantitative estimate of drug-likeness (QED) is 0.811. The molecule has 0 atom stereocenters. The highest BCUT2D eigenvalue weighted by Gasteiger charge is 2.06. The van der Waals surface area contributed by atoms with Crippen LogP contribution in [0, 0.1) is 0 Å². The van der Waals surface area contributed by atoms with Gasteiger partial charge < -0.3 is 4.74 Å². The van der Waals surface area contributed by atoms with E-state index in [1.54, 1.807) is 0 Å². The number of ether oxygens (including phenoxy) is 1. The SMILES string of the molecule is O=c1c(Cl)c(Cl)ncn1COCc1ccccc1. The van der Waals surface area contributed by atoms with Gasteiger partial charge in [0.2, 0.25) is 0 Å². The van der Waals surface area contributed by atoms with Gasteiger partial charge in [0.1, 0.15) is 18.1 Å². The van der Waals surface area contributed by atoms with Gasteiger partial charge >= 0.3 is 0 Å². The Hall–Kier alpha value is -1.36. The first-order valence-corrected chi connectivity index (χ1v) is 5.96. The van der Waals surface area contributed by atoms with Gasteiger partial charge in [-0.1, -0.05) is 53.5 Å². The monoisotopic (exact) mass is 284 g/mol. The van der Waals surface area contributed by atoms with E-state index in [0.717, 1.165) is 5.56 Å². The molecule has 0 N–H and O–H groups in total. The highest BCUT2D eigenvalue weighted by Crippen LogP contribution is 2.12. The molecule has 2 rings (SSSR count). The van der Waals surface area contributed by atoms with Crippen molar-refractivity contribution in [1.82, 2.24) is 9.55 Å². The average molecular weight is 285 g/mol. The lowest BCUT2D eigenvalue weighted by Crippen LogP contribution is -2.22. The summed E-state index contributed by atoms with van der Waals surface area (Å²) in [4.78, 5) is 15.4. The van der Waals surface area contributed by atoms with Gasteiger partial charge in [0, 0.05) is 0 Å². The number of halogens is 2. The number of benzene rings is 1. The molecule has 0 radical (unpaired) electrons. The van der Waals surface area contributed by atoms with Gasteiger partial charge in [0.05, 0.1) is 6.61 Å². The smallest absolute Gasteiger partial charge is 0.275 e. The maximum absolute atomic E-state index is 11.7. The lowest BCUT2D eigenvalue weighted by Gasteiger charge is -2.07. The van der Waals surface area contributed by atoms with E-state index in [1.807, 2.05) is 30.3 Å². The minimum Gasteiger partial charge on any atom is -0.356 e. The van der Waals surface area contributed by atoms with Gasteiger partial charge in [-0.25, -0.2) is 4.98 Å². The van der Waals surface area contributed by atoms with Crippen molar-refractivity contribution >= 4 is 23.2 Å². The first-order chi connectivity index (χ1) is 8.68. The van der Waals surface area contributed by atoms with Crippen molar-refractivity contribution in [3.63, 3.8) is 0 Å². The highest BCUT2D eigenvalue weighted by molar-refractivity contribution is 6.40. The lowest BCUT2D eigenvalue weighted by atomic mass is 10.2. The number of nitrogens with zero attached hydrogens (tertiary/aromatic N) is 2. The molecular weight excluding hydrogens is 275 g/mol. The molecule has 0 aliphatic rings. The minimum atomic E-state index is -0.412. The number of hydrogen-bond donors (Lipinski definition) is 0. The van der Waals surface area contributed by atoms with Crippen LogP contribution in [0.15, 0.2) is 41.5 Å². The van der Waals surface area contributed by atoms with Crippen molar-refractivity contribution in [2.24, 2.45) is 0 Å². The summed E-state index contributed by atoms with van der Waals surface area (Å²) in [6.07, 6.45) is 1.31. The van der Waals surface area contributed by atoms with Gasteiger partial charge in [-0.2, -0.15) is 0 Å². The molecule has 4 nitrogen and oxygen atoms in total. The zero-order valence-corrected chi connectivity index (χ0v) is 10.9. The molecule has 0 aliphatic heterocycles. The number of aromatic nitrogens is 2. The first-order valence-electron chi connectivity index (χ1n) is 5.20. The molecule has 18 heavy (non-hydrogen) atoms. The van der Waals surface area contributed by atoms with Crippen molar-refractivity contribution in [3.8, 4) is 0 Å². The van der Waals surface area contributed by atoms with Crippen molar-refractivity contribution in [2.75, 3.05) is 0 Å². The minimum absolute atomic E-state index is 0.000904. The van der Waals surface area contributed by atoms with Crippen molar-refractivity contribution in [2.45, 2.75) is 13.3 Å². The van der Waals surface area contributed by atoms with Crippen LogP contribution in [0.4, 0.5) is 0 Å². The predicted octanol–water partition coefficient (Wildman–Crippen LogP) is 2.72. The van der Waals surface area contributed by atoms with Crippen LogP contribution in [-0.2, 0) is 18.1 Å². The Labute approximate surface area is 114 Å². The Bertz CT molecular complexity index is 584. The second kappa shape index (κ2) is 6.00. The van der Waals surface area contributed by atoms with Gasteiger partial charge in [-0.3, -0.25) is 9.36 Å². The van der Waals surface area contributed by atoms with Gasteiger partial charge in [-0.05, 0) is 5.56 Å². The third-order valence-corrected chi connectivity index (χ3v) is 3.01. The van der Waals surface area contributed by atoms with E-state index in [9.17, 15) is 4.79 Å². The van der Waals surface area contributed by atoms with E-state index < -0.39 is 5.56 Å². The average Bonchev–Trinajstić information content (AvgIpc) is 2.40. The predicted molar refractivity (Wildman–Crippen MR) is 69.7 cm³/mol. The summed E-state index contributed by atoms with van der Waals surface area (Å²) in [6, 6.07) is 9.65. The summed E-state index contributed by atoms with van der Waals surface area (Å²) < 4.78 is 6.66. The molecule has 2 aromatic rings. The van der Waals surface area contributed by atoms with E-state index in [-0.39, 0.29) is 16.9 Å². The van der Waals surface area contributed by atoms with Crippen LogP contribution in [0.5, 0.6) is 0 Å². The summed E-state index contributed by atoms with van der Waals surface area (Å²) in [7, 11) is 0. The Morgan fingerprint density at radius 1 is 1.22 bits per heavy atom. The molecule has 0 unspecified atom stereocenters. The van der Waals surface area contributed by atoms with E-state index in [0.29, 0.717) is 6.61 Å². The Morgan fingerprint density at radius 2 is 1.94 bits per heavy atom. The topological polar surface area (TPSA) is 44.1 Å². The third-order valence-electron chi connectivity index (χ3n) is 2.28. The Morgan fingerprint density at radius 3 is 2.67 bits per heavy atom. The second-order valence-corrected chi connectivity index (χ2v) is 4.32. The molecule has 0 bridgehead atoms. The summed E-state index contributed by atoms with van der Waals surface area (Å²) in [5.41, 5.74) is 0.614. The van der Waals surface area contributed by atoms with Crippen LogP contribution in [0.3, 0.4) is 0 Å². The molecule has 94 valence electrons. The normalized spacial score (nSPS) is 10.6. The molecule has 1 aromatic carbocycles. The second-order valence-electron chi connectivity index (χ2n) is 3.59. The molecular formula is C12H10Cl2N2O2. The molecule has 6 heteroatoms. The fourth-order valence-electron chi connectivity index (χ4n) is 1.37. The van der Waals surface area contributed by atoms with Crippen LogP contribution in [0.1, 0.15) is 5.56 Å². The van der Waals surface area contributed by atoms with E-state index in [1.165, 1.54) is 10.9 Å². The van der Waals surface area contributed by atoms with E-state index >= 15 is 0 Å². The molecule has 1 aromatic heterocycles. The molecule has 0 saturated heterocycles. The molecule has 0 spiro atoms. The van der Waals surface area contributed by atoms with E-state index in [4.69, 9.17) is 27.9 Å². The van der Waals surface area contributed by atoms with Crippen molar-refractivity contribution in [1.29, 1.82) is 0 Å². The van der Waals surface area contributed by atoms with Crippen LogP contribution in [0.2, 0.25) is 10.2 Å². The number of rotatable bonds is 4. The van der Waals surface area contributed by atoms with Crippen LogP contribution in [-0.4, -0.2) is 9.55 Å². The largest absolute Gasteiger partial charge is 0.356 e. The summed E-state index contributed by atoms with van der Waals surface area (Å²) in [6.45, 7) is 0.491. The van der Waals surface area contributed by atoms with Crippen molar-refractivity contribution < 1.29 is 4.74 Å². The van der Waals surface area contributed by atoms with Crippen LogP contribution < -0.4 is 5.56 Å². The van der Waals surface area contributed by atoms with Crippen molar-refractivity contribution in [3.05, 3.63) is 62.8 Å². The molecule has 0 saturated carbocycles. The fraction of sp³-hybridized carbons (Fsp3) is 0.167. The van der Waals surface area contributed by atoms with Gasteiger partial charge in [0.25, 0.3) is 5.56 Å². The van der Waals surface area contributed by atoms with Crippen LogP contribution in [0.25, 0.3) is 0 Å². The summed E-state index contributed by atoms with van der Waals surface area (Å²) in [5.74, 6) is 0. The van der Waals surface area contributed by atoms with Gasteiger partial charge in [0.15, 0.2) is 5.15 Å². The Balaban J connectivity index is 1.99. The standard InChI is InChI=1S/C12H10Cl2N2O2/c13-10-11(14)15-7-16(12(10)17)8-18-6-9-4-2-1-3-5-9/h1-5,7H,6,8H2. The Kier molecular flexibility index (Phi) is 4.36. The lowest BCUT2D eigenvalue weighted by molar-refractivity contribution is 0.0611. The van der Waals surface area contributed by atoms with Crippen LogP contribution >= 0.6 is 23.2 Å². The van der Waals surface area contributed by atoms with E-state index in [2.05, 4.69) is 4.98 Å². The molecule has 0 amide bonds. The summed E-state index contributed by atoms with van der Waals surface area (Å²) >= 11 is 11.3. The maximum atomic E-state index is 11.7. The first kappa shape index (κ1) is 13.1. The fourth-order valence-corrected chi connectivity index (χ4v) is 1.65.